The largest absolute Gasteiger partial charge is 0.481 e. The first kappa shape index (κ1) is 13.3. The number of aliphatic carboxylic acids is 1. The maximum Gasteiger partial charge on any atom is 0.341 e. The second kappa shape index (κ2) is 5.69. The number of ether oxygens (including phenoxy) is 1. The van der Waals surface area contributed by atoms with Crippen molar-refractivity contribution < 1.29 is 19.4 Å². The molecule has 2 atom stereocenters. The lowest BCUT2D eigenvalue weighted by Crippen LogP contribution is -2.20. The van der Waals surface area contributed by atoms with Crippen LogP contribution >= 0.6 is 0 Å². The van der Waals surface area contributed by atoms with Crippen LogP contribution < -0.4 is 5.32 Å². The molecule has 1 aromatic heterocycles. The highest BCUT2D eigenvalue weighted by atomic mass is 16.5. The molecular formula is C13H16N2O4. The van der Waals surface area contributed by atoms with Crippen molar-refractivity contribution in [2.75, 3.05) is 12.4 Å². The normalized spacial score (nSPS) is 21.9. The Bertz CT molecular complexity index is 489. The average Bonchev–Trinajstić information content (AvgIpc) is 2.87. The van der Waals surface area contributed by atoms with Crippen LogP contribution in [0.1, 0.15) is 29.6 Å². The van der Waals surface area contributed by atoms with Crippen molar-refractivity contribution in [2.45, 2.75) is 25.3 Å². The lowest BCUT2D eigenvalue weighted by molar-refractivity contribution is -0.141. The van der Waals surface area contributed by atoms with E-state index >= 15 is 0 Å². The van der Waals surface area contributed by atoms with Crippen LogP contribution in [0.5, 0.6) is 0 Å². The zero-order valence-corrected chi connectivity index (χ0v) is 10.6. The molecule has 0 radical (unpaired) electrons. The van der Waals surface area contributed by atoms with Crippen LogP contribution in [0.4, 0.5) is 5.82 Å². The van der Waals surface area contributed by atoms with E-state index in [1.807, 2.05) is 0 Å². The Morgan fingerprint density at radius 3 is 2.89 bits per heavy atom. The highest BCUT2D eigenvalue weighted by molar-refractivity contribution is 5.94. The van der Waals surface area contributed by atoms with E-state index in [2.05, 4.69) is 15.0 Å². The van der Waals surface area contributed by atoms with Gasteiger partial charge in [0.05, 0.1) is 13.0 Å². The van der Waals surface area contributed by atoms with E-state index in [1.54, 1.807) is 18.3 Å². The summed E-state index contributed by atoms with van der Waals surface area (Å²) < 4.78 is 4.69. The molecule has 1 aliphatic carbocycles. The summed E-state index contributed by atoms with van der Waals surface area (Å²) in [7, 11) is 1.31. The maximum atomic E-state index is 11.6. The Morgan fingerprint density at radius 1 is 1.47 bits per heavy atom. The number of anilines is 1. The third-order valence-electron chi connectivity index (χ3n) is 3.34. The Kier molecular flexibility index (Phi) is 3.99. The van der Waals surface area contributed by atoms with Gasteiger partial charge in [-0.2, -0.15) is 0 Å². The zero-order chi connectivity index (χ0) is 13.8. The van der Waals surface area contributed by atoms with E-state index < -0.39 is 11.9 Å². The van der Waals surface area contributed by atoms with E-state index in [-0.39, 0.29) is 12.0 Å². The second-order valence-corrected chi connectivity index (χ2v) is 4.58. The average molecular weight is 264 g/mol. The predicted octanol–water partition coefficient (Wildman–Crippen LogP) is 1.53. The molecule has 0 aromatic carbocycles. The van der Waals surface area contributed by atoms with Crippen LogP contribution in [-0.4, -0.2) is 35.2 Å². The number of aromatic nitrogens is 1. The quantitative estimate of drug-likeness (QED) is 0.802. The van der Waals surface area contributed by atoms with Gasteiger partial charge in [-0.25, -0.2) is 9.78 Å². The van der Waals surface area contributed by atoms with Crippen molar-refractivity contribution in [1.82, 2.24) is 4.98 Å². The number of hydrogen-bond donors (Lipinski definition) is 2. The van der Waals surface area contributed by atoms with Gasteiger partial charge in [-0.05, 0) is 31.4 Å². The third-order valence-corrected chi connectivity index (χ3v) is 3.34. The third kappa shape index (κ3) is 3.01. The summed E-state index contributed by atoms with van der Waals surface area (Å²) in [5.74, 6) is -1.09. The van der Waals surface area contributed by atoms with Gasteiger partial charge in [0.2, 0.25) is 0 Å². The first-order valence-electron chi connectivity index (χ1n) is 6.14. The van der Waals surface area contributed by atoms with Crippen molar-refractivity contribution in [3.63, 3.8) is 0 Å². The molecule has 1 aliphatic rings. The lowest BCUT2D eigenvalue weighted by Gasteiger charge is -2.15. The number of pyridine rings is 1. The van der Waals surface area contributed by atoms with E-state index in [4.69, 9.17) is 5.11 Å². The number of carbonyl (C=O) groups is 2. The molecule has 2 rings (SSSR count). The Morgan fingerprint density at radius 2 is 2.26 bits per heavy atom. The summed E-state index contributed by atoms with van der Waals surface area (Å²) in [5.41, 5.74) is 0.365. The van der Waals surface area contributed by atoms with Crippen LogP contribution in [0.2, 0.25) is 0 Å². The Labute approximate surface area is 110 Å². The van der Waals surface area contributed by atoms with Crippen molar-refractivity contribution in [3.05, 3.63) is 23.9 Å². The molecule has 1 heterocycles. The molecule has 0 amide bonds. The van der Waals surface area contributed by atoms with Crippen LogP contribution in [0.15, 0.2) is 18.3 Å². The summed E-state index contributed by atoms with van der Waals surface area (Å²) >= 11 is 0. The minimum Gasteiger partial charge on any atom is -0.481 e. The first-order valence-corrected chi connectivity index (χ1v) is 6.14. The fourth-order valence-corrected chi connectivity index (χ4v) is 2.33. The van der Waals surface area contributed by atoms with E-state index in [0.29, 0.717) is 24.2 Å². The van der Waals surface area contributed by atoms with Crippen LogP contribution in [-0.2, 0) is 9.53 Å². The Hall–Kier alpha value is -2.11. The number of carbonyl (C=O) groups excluding carboxylic acids is 1. The summed E-state index contributed by atoms with van der Waals surface area (Å²) in [4.78, 5) is 26.6. The highest BCUT2D eigenvalue weighted by Gasteiger charge is 2.30. The fraction of sp³-hybridized carbons (Fsp3) is 0.462. The van der Waals surface area contributed by atoms with Crippen LogP contribution in [0.25, 0.3) is 0 Å². The summed E-state index contributed by atoms with van der Waals surface area (Å²) in [5, 5.41) is 12.1. The summed E-state index contributed by atoms with van der Waals surface area (Å²) in [6.45, 7) is 0. The SMILES string of the molecule is COC(=O)c1cccnc1N[C@H]1CC[C@@H](C(=O)O)C1. The molecule has 0 bridgehead atoms. The second-order valence-electron chi connectivity index (χ2n) is 4.58. The topological polar surface area (TPSA) is 88.5 Å². The summed E-state index contributed by atoms with van der Waals surface area (Å²) in [6, 6.07) is 3.32. The number of carboxylic acid groups (broad SMARTS) is 1. The smallest absolute Gasteiger partial charge is 0.341 e. The van der Waals surface area contributed by atoms with Gasteiger partial charge in [0.25, 0.3) is 0 Å². The monoisotopic (exact) mass is 264 g/mol. The Balaban J connectivity index is 2.08. The van der Waals surface area contributed by atoms with Gasteiger partial charge in [0.15, 0.2) is 0 Å². The fourth-order valence-electron chi connectivity index (χ4n) is 2.33. The lowest BCUT2D eigenvalue weighted by atomic mass is 10.1. The standard InChI is InChI=1S/C13H16N2O4/c1-19-13(18)10-3-2-6-14-11(10)15-9-5-4-8(7-9)12(16)17/h2-3,6,8-9H,4-5,7H2,1H3,(H,14,15)(H,16,17)/t8-,9+/m1/s1. The molecule has 0 saturated heterocycles. The summed E-state index contributed by atoms with van der Waals surface area (Å²) in [6.07, 6.45) is 3.53. The molecule has 6 nitrogen and oxygen atoms in total. The first-order chi connectivity index (χ1) is 9.11. The molecule has 1 fully saturated rings. The number of methoxy groups -OCH3 is 1. The number of nitrogens with zero attached hydrogens (tertiary/aromatic N) is 1. The van der Waals surface area contributed by atoms with Crippen molar-refractivity contribution in [3.8, 4) is 0 Å². The van der Waals surface area contributed by atoms with Crippen LogP contribution in [0, 0.1) is 5.92 Å². The molecule has 2 N–H and O–H groups in total. The molecule has 6 heteroatoms. The number of nitrogens with one attached hydrogen (secondary N) is 1. The van der Waals surface area contributed by atoms with Gasteiger partial charge in [0.1, 0.15) is 11.4 Å². The highest BCUT2D eigenvalue weighted by Crippen LogP contribution is 2.28. The van der Waals surface area contributed by atoms with Gasteiger partial charge in [-0.3, -0.25) is 4.79 Å². The maximum absolute atomic E-state index is 11.6. The number of hydrogen-bond acceptors (Lipinski definition) is 5. The number of carboxylic acids is 1. The van der Waals surface area contributed by atoms with Crippen molar-refractivity contribution in [2.24, 2.45) is 5.92 Å². The van der Waals surface area contributed by atoms with Gasteiger partial charge in [-0.1, -0.05) is 0 Å². The van der Waals surface area contributed by atoms with Gasteiger partial charge in [-0.15, -0.1) is 0 Å². The van der Waals surface area contributed by atoms with E-state index in [9.17, 15) is 9.59 Å². The molecule has 0 spiro atoms. The molecular weight excluding hydrogens is 248 g/mol. The van der Waals surface area contributed by atoms with Crippen molar-refractivity contribution in [1.29, 1.82) is 0 Å². The van der Waals surface area contributed by atoms with Crippen molar-refractivity contribution >= 4 is 17.8 Å². The van der Waals surface area contributed by atoms with Gasteiger partial charge < -0.3 is 15.2 Å². The molecule has 102 valence electrons. The molecule has 0 aliphatic heterocycles. The van der Waals surface area contributed by atoms with Gasteiger partial charge >= 0.3 is 11.9 Å². The van der Waals surface area contributed by atoms with Gasteiger partial charge in [0, 0.05) is 12.2 Å². The number of rotatable bonds is 4. The molecule has 1 aromatic rings. The van der Waals surface area contributed by atoms with Crippen LogP contribution in [0.3, 0.4) is 0 Å². The molecule has 1 saturated carbocycles. The molecule has 0 unspecified atom stereocenters. The zero-order valence-electron chi connectivity index (χ0n) is 10.6. The predicted molar refractivity (Wildman–Crippen MR) is 68.0 cm³/mol. The molecule has 19 heavy (non-hydrogen) atoms. The number of esters is 1. The minimum atomic E-state index is -0.765. The minimum absolute atomic E-state index is 0.0272. The van der Waals surface area contributed by atoms with E-state index in [0.717, 1.165) is 6.42 Å². The van der Waals surface area contributed by atoms with E-state index in [1.165, 1.54) is 7.11 Å².